The Hall–Kier alpha value is -1.77. The molecule has 2 aromatic rings. The van der Waals surface area contributed by atoms with Gasteiger partial charge in [0.15, 0.2) is 0 Å². The van der Waals surface area contributed by atoms with Gasteiger partial charge in [-0.3, -0.25) is 0 Å². The smallest absolute Gasteiger partial charge is 0.170 e. The zero-order valence-electron chi connectivity index (χ0n) is 12.7. The summed E-state index contributed by atoms with van der Waals surface area (Å²) in [5.74, 6) is -1.57. The summed E-state index contributed by atoms with van der Waals surface area (Å²) in [4.78, 5) is 0. The summed E-state index contributed by atoms with van der Waals surface area (Å²) in [6.07, 6.45) is -4.31. The molecule has 0 atom stereocenters. The Balaban J connectivity index is 2.70. The van der Waals surface area contributed by atoms with Gasteiger partial charge >= 0.3 is 6.18 Å². The lowest BCUT2D eigenvalue weighted by atomic mass is 9.84. The second-order valence-electron chi connectivity index (χ2n) is 5.69. The molecule has 0 unspecified atom stereocenters. The second kappa shape index (κ2) is 5.55. The summed E-state index contributed by atoms with van der Waals surface area (Å²) in [5, 5.41) is 0. The maximum atomic E-state index is 13.7. The van der Waals surface area contributed by atoms with Crippen molar-refractivity contribution >= 4 is 0 Å². The van der Waals surface area contributed by atoms with Crippen molar-refractivity contribution in [2.75, 3.05) is 0 Å². The first-order chi connectivity index (χ1) is 9.70. The Bertz CT molecular complexity index is 602. The summed E-state index contributed by atoms with van der Waals surface area (Å²) in [6.45, 7) is 7.11. The van der Waals surface area contributed by atoms with Gasteiger partial charge in [0, 0.05) is 0 Å². The zero-order valence-corrected chi connectivity index (χ0v) is 12.7. The molecular formula is C18H19F3. The number of alkyl halides is 3. The highest BCUT2D eigenvalue weighted by Crippen LogP contribution is 2.42. The molecule has 21 heavy (non-hydrogen) atoms. The first kappa shape index (κ1) is 15.6. The van der Waals surface area contributed by atoms with E-state index >= 15 is 0 Å². The van der Waals surface area contributed by atoms with E-state index in [1.807, 2.05) is 26.0 Å². The maximum absolute atomic E-state index is 13.7. The van der Waals surface area contributed by atoms with E-state index < -0.39 is 12.1 Å². The van der Waals surface area contributed by atoms with Gasteiger partial charge in [-0.2, -0.15) is 13.2 Å². The van der Waals surface area contributed by atoms with Crippen LogP contribution in [0.15, 0.2) is 36.4 Å². The topological polar surface area (TPSA) is 0 Å². The maximum Gasteiger partial charge on any atom is 0.399 e. The molecule has 2 aromatic carbocycles. The van der Waals surface area contributed by atoms with E-state index in [9.17, 15) is 13.2 Å². The lowest BCUT2D eigenvalue weighted by Crippen LogP contribution is -2.24. The first-order valence-corrected chi connectivity index (χ1v) is 6.91. The fraction of sp³-hybridized carbons (Fsp3) is 0.333. The zero-order chi connectivity index (χ0) is 15.8. The quantitative estimate of drug-likeness (QED) is 0.674. The Morgan fingerprint density at radius 2 is 1.10 bits per heavy atom. The predicted molar refractivity (Wildman–Crippen MR) is 79.7 cm³/mol. The number of halogens is 3. The molecule has 0 aliphatic carbocycles. The van der Waals surface area contributed by atoms with E-state index in [1.54, 1.807) is 38.1 Å². The van der Waals surface area contributed by atoms with E-state index in [0.29, 0.717) is 22.3 Å². The summed E-state index contributed by atoms with van der Waals surface area (Å²) < 4.78 is 41.1. The van der Waals surface area contributed by atoms with E-state index in [4.69, 9.17) is 0 Å². The summed E-state index contributed by atoms with van der Waals surface area (Å²) in [6, 6.07) is 10.5. The lowest BCUT2D eigenvalue weighted by Gasteiger charge is -2.25. The van der Waals surface area contributed by atoms with E-state index in [2.05, 4.69) is 0 Å². The van der Waals surface area contributed by atoms with Gasteiger partial charge in [-0.05, 0) is 49.9 Å². The molecule has 2 rings (SSSR count). The van der Waals surface area contributed by atoms with Crippen LogP contribution in [-0.2, 0) is 0 Å². The Kier molecular flexibility index (Phi) is 4.13. The van der Waals surface area contributed by atoms with Gasteiger partial charge in [-0.1, -0.05) is 47.5 Å². The number of aryl methyl sites for hydroxylation is 4. The van der Waals surface area contributed by atoms with Gasteiger partial charge in [-0.15, -0.1) is 0 Å². The summed E-state index contributed by atoms with van der Waals surface area (Å²) >= 11 is 0. The highest BCUT2D eigenvalue weighted by Gasteiger charge is 2.43. The molecule has 0 nitrogen and oxygen atoms in total. The summed E-state index contributed by atoms with van der Waals surface area (Å²) in [5.41, 5.74) is 3.71. The average Bonchev–Trinajstić information content (AvgIpc) is 2.36. The van der Waals surface area contributed by atoms with Gasteiger partial charge in [0.2, 0.25) is 0 Å². The van der Waals surface area contributed by atoms with Crippen LogP contribution < -0.4 is 0 Å². The molecule has 0 bridgehead atoms. The molecule has 0 heterocycles. The van der Waals surface area contributed by atoms with Crippen LogP contribution in [0.1, 0.15) is 39.3 Å². The fourth-order valence-electron chi connectivity index (χ4n) is 2.66. The molecule has 0 saturated carbocycles. The Morgan fingerprint density at radius 1 is 0.714 bits per heavy atom. The molecule has 0 radical (unpaired) electrons. The number of benzene rings is 2. The van der Waals surface area contributed by atoms with Crippen LogP contribution in [-0.4, -0.2) is 6.18 Å². The van der Waals surface area contributed by atoms with Crippen LogP contribution in [0.25, 0.3) is 0 Å². The number of hydrogen-bond acceptors (Lipinski definition) is 0. The molecule has 0 spiro atoms. The highest BCUT2D eigenvalue weighted by molar-refractivity contribution is 5.45. The van der Waals surface area contributed by atoms with Gasteiger partial charge in [-0.25, -0.2) is 0 Å². The van der Waals surface area contributed by atoms with Gasteiger partial charge in [0.1, 0.15) is 5.92 Å². The molecule has 0 aromatic heterocycles. The third kappa shape index (κ3) is 3.29. The Labute approximate surface area is 123 Å². The van der Waals surface area contributed by atoms with E-state index in [1.165, 1.54) is 0 Å². The normalized spacial score (nSPS) is 12.0. The highest BCUT2D eigenvalue weighted by atomic mass is 19.4. The molecule has 0 aliphatic heterocycles. The van der Waals surface area contributed by atoms with Crippen LogP contribution in [0, 0.1) is 27.7 Å². The van der Waals surface area contributed by atoms with Crippen molar-refractivity contribution in [2.24, 2.45) is 0 Å². The van der Waals surface area contributed by atoms with Crippen molar-refractivity contribution < 1.29 is 13.2 Å². The molecule has 0 N–H and O–H groups in total. The average molecular weight is 292 g/mol. The lowest BCUT2D eigenvalue weighted by molar-refractivity contribution is -0.141. The molecule has 3 heteroatoms. The SMILES string of the molecule is Cc1ccc(C)c(C(c2cc(C)ccc2C)C(F)(F)F)c1. The minimum atomic E-state index is -4.31. The predicted octanol–water partition coefficient (Wildman–Crippen LogP) is 5.61. The van der Waals surface area contributed by atoms with Crippen molar-refractivity contribution in [3.63, 3.8) is 0 Å². The van der Waals surface area contributed by atoms with Crippen LogP contribution in [0.2, 0.25) is 0 Å². The molecule has 0 amide bonds. The molecule has 0 saturated heterocycles. The van der Waals surface area contributed by atoms with Gasteiger partial charge in [0.05, 0.1) is 0 Å². The fourth-order valence-corrected chi connectivity index (χ4v) is 2.66. The minimum absolute atomic E-state index is 0.344. The third-order valence-electron chi connectivity index (χ3n) is 3.82. The number of rotatable bonds is 2. The standard InChI is InChI=1S/C18H19F3/c1-11-5-7-13(3)15(9-11)17(18(19,20)21)16-10-12(2)6-8-14(16)4/h5-10,17H,1-4H3. The van der Waals surface area contributed by atoms with Crippen LogP contribution >= 0.6 is 0 Å². The monoisotopic (exact) mass is 292 g/mol. The number of hydrogen-bond donors (Lipinski definition) is 0. The largest absolute Gasteiger partial charge is 0.399 e. The summed E-state index contributed by atoms with van der Waals surface area (Å²) in [7, 11) is 0. The van der Waals surface area contributed by atoms with Crippen LogP contribution in [0.4, 0.5) is 13.2 Å². The van der Waals surface area contributed by atoms with Gasteiger partial charge in [0.25, 0.3) is 0 Å². The van der Waals surface area contributed by atoms with Crippen molar-refractivity contribution in [3.05, 3.63) is 69.8 Å². The second-order valence-corrected chi connectivity index (χ2v) is 5.69. The van der Waals surface area contributed by atoms with Crippen molar-refractivity contribution in [1.29, 1.82) is 0 Å². The molecule has 0 fully saturated rings. The van der Waals surface area contributed by atoms with Crippen LogP contribution in [0.5, 0.6) is 0 Å². The minimum Gasteiger partial charge on any atom is -0.170 e. The van der Waals surface area contributed by atoms with Crippen molar-refractivity contribution in [3.8, 4) is 0 Å². The van der Waals surface area contributed by atoms with Crippen molar-refractivity contribution in [2.45, 2.75) is 39.8 Å². The van der Waals surface area contributed by atoms with E-state index in [0.717, 1.165) is 11.1 Å². The molecule has 112 valence electrons. The molecule has 0 aliphatic rings. The third-order valence-corrected chi connectivity index (χ3v) is 3.82. The first-order valence-electron chi connectivity index (χ1n) is 6.91. The van der Waals surface area contributed by atoms with E-state index in [-0.39, 0.29) is 0 Å². The van der Waals surface area contributed by atoms with Gasteiger partial charge < -0.3 is 0 Å². The van der Waals surface area contributed by atoms with Crippen LogP contribution in [0.3, 0.4) is 0 Å². The Morgan fingerprint density at radius 3 is 1.43 bits per heavy atom. The molecular weight excluding hydrogens is 273 g/mol. The van der Waals surface area contributed by atoms with Crippen molar-refractivity contribution in [1.82, 2.24) is 0 Å².